The molecule has 1 aliphatic heterocycles. The fourth-order valence-electron chi connectivity index (χ4n) is 1.39. The third kappa shape index (κ3) is 1.54. The van der Waals surface area contributed by atoms with Crippen LogP contribution in [0.3, 0.4) is 0 Å². The predicted molar refractivity (Wildman–Crippen MR) is 55.2 cm³/mol. The standard InChI is InChI=1S/C9H11N3O2S/c1-9(2,3)8-7-6(4-10-5-11-7)15(13,14)12-8/h4-5H,1-3H3. The smallest absolute Gasteiger partial charge is 0.243 e. The van der Waals surface area contributed by atoms with Gasteiger partial charge in [-0.3, -0.25) is 0 Å². The van der Waals surface area contributed by atoms with E-state index in [9.17, 15) is 8.42 Å². The molecule has 0 radical (unpaired) electrons. The van der Waals surface area contributed by atoms with Gasteiger partial charge < -0.3 is 0 Å². The van der Waals surface area contributed by atoms with Crippen molar-refractivity contribution in [1.29, 1.82) is 0 Å². The van der Waals surface area contributed by atoms with Gasteiger partial charge in [-0.05, 0) is 0 Å². The van der Waals surface area contributed by atoms with Crippen molar-refractivity contribution in [3.8, 4) is 0 Å². The molecule has 0 aliphatic carbocycles. The van der Waals surface area contributed by atoms with Gasteiger partial charge in [0.05, 0.1) is 11.9 Å². The number of aromatic nitrogens is 2. The summed E-state index contributed by atoms with van der Waals surface area (Å²) in [6.45, 7) is 5.70. The van der Waals surface area contributed by atoms with Gasteiger partial charge in [-0.1, -0.05) is 20.8 Å². The minimum Gasteiger partial charge on any atom is -0.243 e. The molecule has 15 heavy (non-hydrogen) atoms. The van der Waals surface area contributed by atoms with Gasteiger partial charge in [0.2, 0.25) is 0 Å². The van der Waals surface area contributed by atoms with Gasteiger partial charge in [-0.25, -0.2) is 9.97 Å². The van der Waals surface area contributed by atoms with E-state index in [0.717, 1.165) is 0 Å². The summed E-state index contributed by atoms with van der Waals surface area (Å²) in [5, 5.41) is 0. The van der Waals surface area contributed by atoms with Crippen LogP contribution in [0, 0.1) is 5.41 Å². The van der Waals surface area contributed by atoms with E-state index in [2.05, 4.69) is 14.4 Å². The highest BCUT2D eigenvalue weighted by atomic mass is 32.2. The summed E-state index contributed by atoms with van der Waals surface area (Å²) in [5.74, 6) is 0. The lowest BCUT2D eigenvalue weighted by molar-refractivity contribution is 0.588. The maximum atomic E-state index is 11.6. The van der Waals surface area contributed by atoms with Crippen LogP contribution in [0.5, 0.6) is 0 Å². The fourth-order valence-corrected chi connectivity index (χ4v) is 2.68. The van der Waals surface area contributed by atoms with E-state index in [1.165, 1.54) is 12.5 Å². The van der Waals surface area contributed by atoms with Gasteiger partial charge in [-0.15, -0.1) is 0 Å². The van der Waals surface area contributed by atoms with Crippen LogP contribution in [0.2, 0.25) is 0 Å². The zero-order chi connectivity index (χ0) is 11.3. The Morgan fingerprint density at radius 1 is 1.27 bits per heavy atom. The molecule has 1 aromatic rings. The lowest BCUT2D eigenvalue weighted by Crippen LogP contribution is -2.20. The number of fused-ring (bicyclic) bond motifs is 1. The van der Waals surface area contributed by atoms with E-state index in [1.54, 1.807) is 0 Å². The zero-order valence-electron chi connectivity index (χ0n) is 8.72. The molecule has 0 fully saturated rings. The van der Waals surface area contributed by atoms with Crippen LogP contribution >= 0.6 is 0 Å². The largest absolute Gasteiger partial charge is 0.286 e. The summed E-state index contributed by atoms with van der Waals surface area (Å²) < 4.78 is 27.0. The average Bonchev–Trinajstić information content (AvgIpc) is 2.39. The summed E-state index contributed by atoms with van der Waals surface area (Å²) in [7, 11) is -3.57. The van der Waals surface area contributed by atoms with Gasteiger partial charge in [0.1, 0.15) is 16.9 Å². The van der Waals surface area contributed by atoms with E-state index in [-0.39, 0.29) is 10.3 Å². The number of hydrogen-bond acceptors (Lipinski definition) is 4. The third-order valence-corrected chi connectivity index (χ3v) is 3.38. The van der Waals surface area contributed by atoms with Gasteiger partial charge in [0.15, 0.2) is 0 Å². The molecule has 5 nitrogen and oxygen atoms in total. The highest BCUT2D eigenvalue weighted by Gasteiger charge is 2.36. The van der Waals surface area contributed by atoms with Crippen molar-refractivity contribution in [2.75, 3.05) is 0 Å². The highest BCUT2D eigenvalue weighted by molar-refractivity contribution is 7.90. The topological polar surface area (TPSA) is 72.3 Å². The molecular weight excluding hydrogens is 214 g/mol. The van der Waals surface area contributed by atoms with Crippen LogP contribution in [-0.2, 0) is 10.0 Å². The SMILES string of the molecule is CC(C)(C)C1=NS(=O)(=O)c2cncnc21. The first-order valence-corrected chi connectivity index (χ1v) is 5.92. The Labute approximate surface area is 88.3 Å². The minimum atomic E-state index is -3.57. The first-order chi connectivity index (χ1) is 6.82. The third-order valence-electron chi connectivity index (χ3n) is 2.10. The molecule has 1 aliphatic rings. The second kappa shape index (κ2) is 2.85. The molecule has 0 aromatic carbocycles. The van der Waals surface area contributed by atoms with Crippen molar-refractivity contribution in [3.63, 3.8) is 0 Å². The molecule has 0 unspecified atom stereocenters. The van der Waals surface area contributed by atoms with Crippen LogP contribution in [0.15, 0.2) is 21.8 Å². The van der Waals surface area contributed by atoms with E-state index in [4.69, 9.17) is 0 Å². The Hall–Kier alpha value is -1.30. The van der Waals surface area contributed by atoms with Gasteiger partial charge in [-0.2, -0.15) is 12.8 Å². The summed E-state index contributed by atoms with van der Waals surface area (Å²) >= 11 is 0. The van der Waals surface area contributed by atoms with E-state index in [0.29, 0.717) is 11.4 Å². The van der Waals surface area contributed by atoms with Crippen LogP contribution in [-0.4, -0.2) is 24.1 Å². The first kappa shape index (κ1) is 10.2. The Kier molecular flexibility index (Phi) is 1.94. The first-order valence-electron chi connectivity index (χ1n) is 4.48. The second-order valence-corrected chi connectivity index (χ2v) is 5.97. The van der Waals surface area contributed by atoms with Crippen molar-refractivity contribution >= 4 is 15.7 Å². The molecule has 80 valence electrons. The normalized spacial score (nSPS) is 18.5. The molecule has 0 spiro atoms. The van der Waals surface area contributed by atoms with Crippen molar-refractivity contribution < 1.29 is 8.42 Å². The average molecular weight is 225 g/mol. The summed E-state index contributed by atoms with van der Waals surface area (Å²) in [6, 6.07) is 0. The molecule has 6 heteroatoms. The van der Waals surface area contributed by atoms with Crippen molar-refractivity contribution in [2.45, 2.75) is 25.7 Å². The molecule has 0 bridgehead atoms. The molecule has 0 saturated carbocycles. The molecule has 2 rings (SSSR count). The number of rotatable bonds is 0. The Balaban J connectivity index is 2.75. The Bertz CT molecular complexity index is 541. The zero-order valence-corrected chi connectivity index (χ0v) is 9.54. The molecule has 0 N–H and O–H groups in total. The lowest BCUT2D eigenvalue weighted by Gasteiger charge is -2.17. The molecular formula is C9H11N3O2S. The summed E-state index contributed by atoms with van der Waals surface area (Å²) in [4.78, 5) is 7.79. The van der Waals surface area contributed by atoms with Crippen LogP contribution in [0.25, 0.3) is 0 Å². The molecule has 0 amide bonds. The second-order valence-electron chi connectivity index (χ2n) is 4.40. The van der Waals surface area contributed by atoms with Crippen molar-refractivity contribution in [2.24, 2.45) is 9.81 Å². The summed E-state index contributed by atoms with van der Waals surface area (Å²) in [6.07, 6.45) is 2.63. The van der Waals surface area contributed by atoms with Crippen molar-refractivity contribution in [3.05, 3.63) is 18.2 Å². The fraction of sp³-hybridized carbons (Fsp3) is 0.444. The Morgan fingerprint density at radius 2 is 1.93 bits per heavy atom. The van der Waals surface area contributed by atoms with Gasteiger partial charge >= 0.3 is 0 Å². The monoisotopic (exact) mass is 225 g/mol. The van der Waals surface area contributed by atoms with E-state index < -0.39 is 10.0 Å². The van der Waals surface area contributed by atoms with Crippen LogP contribution in [0.1, 0.15) is 26.5 Å². The molecule has 0 saturated heterocycles. The van der Waals surface area contributed by atoms with E-state index in [1.807, 2.05) is 20.8 Å². The summed E-state index contributed by atoms with van der Waals surface area (Å²) in [5.41, 5.74) is 0.588. The predicted octanol–water partition coefficient (Wildman–Crippen LogP) is 1.01. The number of sulfonamides is 1. The van der Waals surface area contributed by atoms with E-state index >= 15 is 0 Å². The maximum Gasteiger partial charge on any atom is 0.286 e. The number of nitrogens with zero attached hydrogens (tertiary/aromatic N) is 3. The van der Waals surface area contributed by atoms with Gasteiger partial charge in [0, 0.05) is 5.41 Å². The highest BCUT2D eigenvalue weighted by Crippen LogP contribution is 2.31. The number of hydrogen-bond donors (Lipinski definition) is 0. The van der Waals surface area contributed by atoms with Crippen molar-refractivity contribution in [1.82, 2.24) is 9.97 Å². The minimum absolute atomic E-state index is 0.106. The van der Waals surface area contributed by atoms with Gasteiger partial charge in [0.25, 0.3) is 10.0 Å². The molecule has 0 atom stereocenters. The molecule has 1 aromatic heterocycles. The van der Waals surface area contributed by atoms with Crippen LogP contribution < -0.4 is 0 Å². The quantitative estimate of drug-likeness (QED) is 0.660. The van der Waals surface area contributed by atoms with Crippen LogP contribution in [0.4, 0.5) is 0 Å². The Morgan fingerprint density at radius 3 is 2.53 bits per heavy atom. The lowest BCUT2D eigenvalue weighted by atomic mass is 9.88. The molecule has 2 heterocycles. The maximum absolute atomic E-state index is 11.6.